The van der Waals surface area contributed by atoms with Crippen LogP contribution in [0, 0.1) is 0 Å². The molecule has 0 amide bonds. The molecular weight excluding hydrogens is 232 g/mol. The maximum atomic E-state index is 6.14. The van der Waals surface area contributed by atoms with Gasteiger partial charge in [-0.3, -0.25) is 4.98 Å². The highest BCUT2D eigenvalue weighted by Gasteiger charge is 2.14. The van der Waals surface area contributed by atoms with Gasteiger partial charge in [0.1, 0.15) is 0 Å². The van der Waals surface area contributed by atoms with Crippen LogP contribution in [0.5, 0.6) is 0 Å². The van der Waals surface area contributed by atoms with Gasteiger partial charge in [0.25, 0.3) is 0 Å². The van der Waals surface area contributed by atoms with Crippen molar-refractivity contribution in [1.29, 1.82) is 0 Å². The van der Waals surface area contributed by atoms with Gasteiger partial charge >= 0.3 is 0 Å². The van der Waals surface area contributed by atoms with Gasteiger partial charge in [-0.25, -0.2) is 0 Å². The predicted molar refractivity (Wildman–Crippen MR) is 82.3 cm³/mol. The van der Waals surface area contributed by atoms with Gasteiger partial charge in [-0.15, -0.1) is 0 Å². The molecule has 0 saturated carbocycles. The molecule has 2 aromatic rings. The number of unbranched alkanes of at least 4 members (excludes halogenated alkanes) is 1. The fraction of sp³-hybridized carbons (Fsp3) is 0.471. The molecule has 0 radical (unpaired) electrons. The van der Waals surface area contributed by atoms with Crippen LogP contribution in [0.2, 0.25) is 0 Å². The summed E-state index contributed by atoms with van der Waals surface area (Å²) in [6.45, 7) is 6.33. The Balaban J connectivity index is 2.40. The largest absolute Gasteiger partial charge is 0.325 e. The second-order valence-electron chi connectivity index (χ2n) is 6.08. The molecule has 102 valence electrons. The molecule has 0 unspecified atom stereocenters. The zero-order chi connectivity index (χ0) is 13.9. The fourth-order valence-corrected chi connectivity index (χ4v) is 2.38. The summed E-state index contributed by atoms with van der Waals surface area (Å²) in [6.07, 6.45) is 6.31. The minimum atomic E-state index is -0.222. The first-order chi connectivity index (χ1) is 8.99. The van der Waals surface area contributed by atoms with Crippen molar-refractivity contribution in [2.45, 2.75) is 52.0 Å². The lowest BCUT2D eigenvalue weighted by Crippen LogP contribution is -2.34. The van der Waals surface area contributed by atoms with Crippen LogP contribution in [0.1, 0.15) is 44.9 Å². The SMILES string of the molecule is CCCCc1ccc2ccnc(CC(C)(C)N)c2c1. The molecule has 1 aromatic carbocycles. The Morgan fingerprint density at radius 2 is 2.00 bits per heavy atom. The minimum absolute atomic E-state index is 0.222. The summed E-state index contributed by atoms with van der Waals surface area (Å²) in [5.41, 5.74) is 8.43. The van der Waals surface area contributed by atoms with Crippen LogP contribution in [0.4, 0.5) is 0 Å². The van der Waals surface area contributed by atoms with Crippen molar-refractivity contribution in [2.24, 2.45) is 5.73 Å². The number of fused-ring (bicyclic) bond motifs is 1. The van der Waals surface area contributed by atoms with Crippen molar-refractivity contribution in [3.63, 3.8) is 0 Å². The van der Waals surface area contributed by atoms with E-state index in [-0.39, 0.29) is 5.54 Å². The zero-order valence-corrected chi connectivity index (χ0v) is 12.2. The monoisotopic (exact) mass is 256 g/mol. The van der Waals surface area contributed by atoms with Gasteiger partial charge in [-0.1, -0.05) is 25.5 Å². The number of nitrogens with zero attached hydrogens (tertiary/aromatic N) is 1. The van der Waals surface area contributed by atoms with E-state index in [1.54, 1.807) is 0 Å². The molecule has 0 bridgehead atoms. The van der Waals surface area contributed by atoms with Crippen LogP contribution in [-0.4, -0.2) is 10.5 Å². The molecule has 0 spiro atoms. The molecule has 2 rings (SSSR count). The highest BCUT2D eigenvalue weighted by atomic mass is 14.7. The summed E-state index contributed by atoms with van der Waals surface area (Å²) >= 11 is 0. The van der Waals surface area contributed by atoms with E-state index in [1.807, 2.05) is 6.20 Å². The Hall–Kier alpha value is -1.41. The number of rotatable bonds is 5. The van der Waals surface area contributed by atoms with Crippen molar-refractivity contribution in [1.82, 2.24) is 4.98 Å². The molecule has 2 nitrogen and oxygen atoms in total. The van der Waals surface area contributed by atoms with Gasteiger partial charge in [0.05, 0.1) is 0 Å². The number of hydrogen-bond acceptors (Lipinski definition) is 2. The Morgan fingerprint density at radius 1 is 1.21 bits per heavy atom. The van der Waals surface area contributed by atoms with Crippen molar-refractivity contribution in [2.75, 3.05) is 0 Å². The summed E-state index contributed by atoms with van der Waals surface area (Å²) in [7, 11) is 0. The van der Waals surface area contributed by atoms with Gasteiger partial charge in [-0.2, -0.15) is 0 Å². The van der Waals surface area contributed by atoms with E-state index in [4.69, 9.17) is 5.73 Å². The van der Waals surface area contributed by atoms with Crippen LogP contribution < -0.4 is 5.73 Å². The fourth-order valence-electron chi connectivity index (χ4n) is 2.38. The topological polar surface area (TPSA) is 38.9 Å². The first-order valence-corrected chi connectivity index (χ1v) is 7.15. The van der Waals surface area contributed by atoms with Crippen molar-refractivity contribution in [3.8, 4) is 0 Å². The van der Waals surface area contributed by atoms with Crippen LogP contribution >= 0.6 is 0 Å². The van der Waals surface area contributed by atoms with Gasteiger partial charge in [0, 0.05) is 29.2 Å². The Morgan fingerprint density at radius 3 is 2.68 bits per heavy atom. The molecule has 0 saturated heterocycles. The highest BCUT2D eigenvalue weighted by molar-refractivity contribution is 5.85. The Bertz CT molecular complexity index is 553. The Kier molecular flexibility index (Phi) is 4.20. The minimum Gasteiger partial charge on any atom is -0.325 e. The average Bonchev–Trinajstić information content (AvgIpc) is 2.35. The molecule has 2 N–H and O–H groups in total. The van der Waals surface area contributed by atoms with E-state index in [2.05, 4.69) is 50.0 Å². The summed E-state index contributed by atoms with van der Waals surface area (Å²) in [5.74, 6) is 0. The number of pyridine rings is 1. The second-order valence-corrected chi connectivity index (χ2v) is 6.08. The maximum absolute atomic E-state index is 6.14. The second kappa shape index (κ2) is 5.70. The van der Waals surface area contributed by atoms with Crippen molar-refractivity contribution >= 4 is 10.8 Å². The molecule has 19 heavy (non-hydrogen) atoms. The van der Waals surface area contributed by atoms with E-state index in [1.165, 1.54) is 29.2 Å². The van der Waals surface area contributed by atoms with Gasteiger partial charge in [-0.05, 0) is 49.8 Å². The quantitative estimate of drug-likeness (QED) is 0.882. The molecule has 0 fully saturated rings. The predicted octanol–water partition coefficient (Wildman–Crippen LogP) is 3.86. The molecule has 1 heterocycles. The van der Waals surface area contributed by atoms with Gasteiger partial charge < -0.3 is 5.73 Å². The van der Waals surface area contributed by atoms with Crippen LogP contribution in [0.3, 0.4) is 0 Å². The number of hydrogen-bond donors (Lipinski definition) is 1. The highest BCUT2D eigenvalue weighted by Crippen LogP contribution is 2.22. The zero-order valence-electron chi connectivity index (χ0n) is 12.2. The first-order valence-electron chi connectivity index (χ1n) is 7.15. The van der Waals surface area contributed by atoms with Crippen molar-refractivity contribution in [3.05, 3.63) is 41.7 Å². The summed E-state index contributed by atoms with van der Waals surface area (Å²) in [4.78, 5) is 4.53. The third-order valence-corrected chi connectivity index (χ3v) is 3.36. The van der Waals surface area contributed by atoms with E-state index < -0.39 is 0 Å². The summed E-state index contributed by atoms with van der Waals surface area (Å²) in [6, 6.07) is 8.80. The molecule has 0 aliphatic rings. The number of nitrogens with two attached hydrogens (primary N) is 1. The van der Waals surface area contributed by atoms with Crippen LogP contribution in [-0.2, 0) is 12.8 Å². The average molecular weight is 256 g/mol. The van der Waals surface area contributed by atoms with E-state index >= 15 is 0 Å². The number of benzene rings is 1. The first kappa shape index (κ1) is 14.0. The lowest BCUT2D eigenvalue weighted by atomic mass is 9.95. The number of aromatic nitrogens is 1. The molecule has 0 aliphatic heterocycles. The third kappa shape index (κ3) is 3.77. The summed E-state index contributed by atoms with van der Waals surface area (Å²) in [5, 5.41) is 2.52. The lowest BCUT2D eigenvalue weighted by molar-refractivity contribution is 0.512. The molecule has 1 aromatic heterocycles. The lowest BCUT2D eigenvalue weighted by Gasteiger charge is -2.19. The molecular formula is C17H24N2. The third-order valence-electron chi connectivity index (χ3n) is 3.36. The van der Waals surface area contributed by atoms with E-state index in [9.17, 15) is 0 Å². The van der Waals surface area contributed by atoms with E-state index in [0.29, 0.717) is 0 Å². The Labute approximate surface area is 116 Å². The summed E-state index contributed by atoms with van der Waals surface area (Å²) < 4.78 is 0. The standard InChI is InChI=1S/C17H24N2/c1-4-5-6-13-7-8-14-9-10-19-16(15(14)11-13)12-17(2,3)18/h7-11H,4-6,12,18H2,1-3H3. The normalized spacial score (nSPS) is 12.0. The smallest absolute Gasteiger partial charge is 0.0500 e. The van der Waals surface area contributed by atoms with E-state index in [0.717, 1.165) is 18.5 Å². The van der Waals surface area contributed by atoms with Crippen LogP contribution in [0.15, 0.2) is 30.5 Å². The van der Waals surface area contributed by atoms with Crippen LogP contribution in [0.25, 0.3) is 10.8 Å². The maximum Gasteiger partial charge on any atom is 0.0500 e. The molecule has 0 atom stereocenters. The number of aryl methyl sites for hydroxylation is 1. The van der Waals surface area contributed by atoms with Gasteiger partial charge in [0.15, 0.2) is 0 Å². The van der Waals surface area contributed by atoms with Crippen molar-refractivity contribution < 1.29 is 0 Å². The molecule has 0 aliphatic carbocycles. The molecule has 2 heteroatoms. The van der Waals surface area contributed by atoms with Gasteiger partial charge in [0.2, 0.25) is 0 Å².